The number of hydrogen-bond acceptors (Lipinski definition) is 3. The Balaban J connectivity index is 1.82. The van der Waals surface area contributed by atoms with Gasteiger partial charge in [-0.3, -0.25) is 9.59 Å². The van der Waals surface area contributed by atoms with Crippen LogP contribution in [0, 0.1) is 12.8 Å². The zero-order chi connectivity index (χ0) is 16.3. The van der Waals surface area contributed by atoms with Crippen LogP contribution < -0.4 is 5.32 Å². The predicted molar refractivity (Wildman–Crippen MR) is 76.7 cm³/mol. The first-order valence-corrected chi connectivity index (χ1v) is 7.83. The van der Waals surface area contributed by atoms with Crippen molar-refractivity contribution >= 4 is 23.2 Å². The van der Waals surface area contributed by atoms with Gasteiger partial charge in [-0.1, -0.05) is 0 Å². The van der Waals surface area contributed by atoms with E-state index in [1.807, 2.05) is 23.7 Å². The van der Waals surface area contributed by atoms with Crippen molar-refractivity contribution in [1.82, 2.24) is 10.2 Å². The largest absolute Gasteiger partial charge is 0.405 e. The second-order valence-corrected chi connectivity index (χ2v) is 6.30. The van der Waals surface area contributed by atoms with Crippen molar-refractivity contribution in [3.8, 4) is 0 Å². The lowest BCUT2D eigenvalue weighted by atomic mass is 9.96. The van der Waals surface area contributed by atoms with Crippen LogP contribution in [0.4, 0.5) is 13.2 Å². The summed E-state index contributed by atoms with van der Waals surface area (Å²) in [7, 11) is 0. The lowest BCUT2D eigenvalue weighted by Crippen LogP contribution is -2.44. The Labute approximate surface area is 130 Å². The normalized spacial score (nSPS) is 16.6. The zero-order valence-electron chi connectivity index (χ0n) is 12.1. The number of alkyl halides is 3. The van der Waals surface area contributed by atoms with Gasteiger partial charge in [0, 0.05) is 19.0 Å². The number of halogens is 3. The Morgan fingerprint density at radius 1 is 1.36 bits per heavy atom. The molecule has 1 aromatic heterocycles. The predicted octanol–water partition coefficient (Wildman–Crippen LogP) is 2.59. The Hall–Kier alpha value is -1.57. The molecule has 2 amide bonds. The number of rotatable bonds is 3. The molecule has 1 aliphatic heterocycles. The Bertz CT molecular complexity index is 549. The molecule has 0 radical (unpaired) electrons. The third kappa shape index (κ3) is 4.46. The summed E-state index contributed by atoms with van der Waals surface area (Å²) < 4.78 is 36.2. The second-order valence-electron chi connectivity index (χ2n) is 5.39. The summed E-state index contributed by atoms with van der Waals surface area (Å²) in [5, 5.41) is 3.80. The summed E-state index contributed by atoms with van der Waals surface area (Å²) in [5.74, 6) is -1.12. The van der Waals surface area contributed by atoms with E-state index in [1.54, 1.807) is 4.90 Å². The van der Waals surface area contributed by atoms with Gasteiger partial charge in [0.1, 0.15) is 6.54 Å². The van der Waals surface area contributed by atoms with Crippen molar-refractivity contribution in [2.24, 2.45) is 5.92 Å². The topological polar surface area (TPSA) is 49.4 Å². The van der Waals surface area contributed by atoms with E-state index in [0.717, 1.165) is 5.56 Å². The Morgan fingerprint density at radius 3 is 2.50 bits per heavy atom. The zero-order valence-corrected chi connectivity index (χ0v) is 12.9. The van der Waals surface area contributed by atoms with Gasteiger partial charge in [0.2, 0.25) is 5.91 Å². The summed E-state index contributed by atoms with van der Waals surface area (Å²) in [6.07, 6.45) is -3.62. The average Bonchev–Trinajstić information content (AvgIpc) is 2.90. The molecule has 1 aromatic rings. The second kappa shape index (κ2) is 6.68. The van der Waals surface area contributed by atoms with Gasteiger partial charge in [-0.15, -0.1) is 11.3 Å². The quantitative estimate of drug-likeness (QED) is 0.924. The number of carbonyl (C=O) groups is 2. The standard InChI is InChI=1S/C14H17F3N2O2S/c1-9-6-11(22-7-9)13(21)19-4-2-10(3-5-19)12(20)18-8-14(15,16)17/h6-7,10H,2-5,8H2,1H3,(H,18,20). The minimum Gasteiger partial charge on any atom is -0.347 e. The lowest BCUT2D eigenvalue weighted by Gasteiger charge is -2.31. The first kappa shape index (κ1) is 16.8. The molecule has 1 saturated heterocycles. The van der Waals surface area contributed by atoms with Crippen LogP contribution in [0.1, 0.15) is 28.1 Å². The minimum atomic E-state index is -4.40. The minimum absolute atomic E-state index is 0.0766. The number of nitrogens with one attached hydrogen (secondary N) is 1. The Kier molecular flexibility index (Phi) is 5.10. The van der Waals surface area contributed by atoms with Crippen molar-refractivity contribution in [2.45, 2.75) is 25.9 Å². The number of carbonyl (C=O) groups excluding carboxylic acids is 2. The van der Waals surface area contributed by atoms with Gasteiger partial charge in [0.05, 0.1) is 4.88 Å². The van der Waals surface area contributed by atoms with Crippen LogP contribution >= 0.6 is 11.3 Å². The number of nitrogens with zero attached hydrogens (tertiary/aromatic N) is 1. The van der Waals surface area contributed by atoms with Crippen molar-refractivity contribution < 1.29 is 22.8 Å². The highest BCUT2D eigenvalue weighted by atomic mass is 32.1. The molecule has 22 heavy (non-hydrogen) atoms. The maximum atomic E-state index is 12.2. The van der Waals surface area contributed by atoms with Crippen LogP contribution in [0.2, 0.25) is 0 Å². The van der Waals surface area contributed by atoms with Crippen molar-refractivity contribution in [2.75, 3.05) is 19.6 Å². The highest BCUT2D eigenvalue weighted by Gasteiger charge is 2.32. The molecule has 0 atom stereocenters. The molecule has 4 nitrogen and oxygen atoms in total. The van der Waals surface area contributed by atoms with Crippen molar-refractivity contribution in [3.63, 3.8) is 0 Å². The van der Waals surface area contributed by atoms with Gasteiger partial charge < -0.3 is 10.2 Å². The highest BCUT2D eigenvalue weighted by Crippen LogP contribution is 2.22. The third-order valence-corrected chi connectivity index (χ3v) is 4.59. The molecule has 0 aliphatic carbocycles. The van der Waals surface area contributed by atoms with E-state index < -0.39 is 24.5 Å². The molecule has 1 N–H and O–H groups in total. The molecule has 0 saturated carbocycles. The van der Waals surface area contributed by atoms with E-state index >= 15 is 0 Å². The molecule has 0 aromatic carbocycles. The molecule has 122 valence electrons. The van der Waals surface area contributed by atoms with E-state index in [-0.39, 0.29) is 5.91 Å². The van der Waals surface area contributed by atoms with E-state index in [9.17, 15) is 22.8 Å². The fraction of sp³-hybridized carbons (Fsp3) is 0.571. The molecule has 0 unspecified atom stereocenters. The summed E-state index contributed by atoms with van der Waals surface area (Å²) in [6, 6.07) is 1.81. The van der Waals surface area contributed by atoms with Gasteiger partial charge in [-0.05, 0) is 36.8 Å². The fourth-order valence-corrected chi connectivity index (χ4v) is 3.24. The van der Waals surface area contributed by atoms with E-state index in [1.165, 1.54) is 11.3 Å². The van der Waals surface area contributed by atoms with Crippen LogP contribution in [-0.4, -0.2) is 42.5 Å². The lowest BCUT2D eigenvalue weighted by molar-refractivity contribution is -0.141. The van der Waals surface area contributed by atoms with Crippen LogP contribution in [-0.2, 0) is 4.79 Å². The third-order valence-electron chi connectivity index (χ3n) is 3.56. The molecule has 2 heterocycles. The first-order chi connectivity index (χ1) is 10.3. The van der Waals surface area contributed by atoms with Crippen LogP contribution in [0.5, 0.6) is 0 Å². The molecule has 0 bridgehead atoms. The number of piperidine rings is 1. The summed E-state index contributed by atoms with van der Waals surface area (Å²) in [6.45, 7) is 1.38. The molecule has 1 fully saturated rings. The maximum absolute atomic E-state index is 12.2. The van der Waals surface area contributed by atoms with Gasteiger partial charge in [-0.25, -0.2) is 0 Å². The summed E-state index contributed by atoms with van der Waals surface area (Å²) in [4.78, 5) is 26.2. The average molecular weight is 334 g/mol. The van der Waals surface area contributed by atoms with Crippen LogP contribution in [0.3, 0.4) is 0 Å². The maximum Gasteiger partial charge on any atom is 0.405 e. The molecule has 1 aliphatic rings. The van der Waals surface area contributed by atoms with Gasteiger partial charge in [-0.2, -0.15) is 13.2 Å². The Morgan fingerprint density at radius 2 is 2.00 bits per heavy atom. The summed E-state index contributed by atoms with van der Waals surface area (Å²) >= 11 is 1.37. The highest BCUT2D eigenvalue weighted by molar-refractivity contribution is 7.12. The SMILES string of the molecule is Cc1csc(C(=O)N2CCC(C(=O)NCC(F)(F)F)CC2)c1. The first-order valence-electron chi connectivity index (χ1n) is 6.95. The smallest absolute Gasteiger partial charge is 0.347 e. The number of hydrogen-bond donors (Lipinski definition) is 1. The van der Waals surface area contributed by atoms with Crippen LogP contribution in [0.25, 0.3) is 0 Å². The molecule has 8 heteroatoms. The number of likely N-dealkylation sites (tertiary alicyclic amines) is 1. The molecule has 2 rings (SSSR count). The van der Waals surface area contributed by atoms with E-state index in [0.29, 0.717) is 30.8 Å². The van der Waals surface area contributed by atoms with Crippen LogP contribution in [0.15, 0.2) is 11.4 Å². The number of amides is 2. The van der Waals surface area contributed by atoms with Gasteiger partial charge >= 0.3 is 6.18 Å². The van der Waals surface area contributed by atoms with Gasteiger partial charge in [0.15, 0.2) is 0 Å². The fourth-order valence-electron chi connectivity index (χ4n) is 2.38. The van der Waals surface area contributed by atoms with Crippen molar-refractivity contribution in [3.05, 3.63) is 21.9 Å². The number of aryl methyl sites for hydroxylation is 1. The molecular weight excluding hydrogens is 317 g/mol. The van der Waals surface area contributed by atoms with E-state index in [2.05, 4.69) is 0 Å². The summed E-state index contributed by atoms with van der Waals surface area (Å²) in [5.41, 5.74) is 1.02. The monoisotopic (exact) mass is 334 g/mol. The number of thiophene rings is 1. The van der Waals surface area contributed by atoms with E-state index in [4.69, 9.17) is 0 Å². The van der Waals surface area contributed by atoms with Crippen molar-refractivity contribution in [1.29, 1.82) is 0 Å². The molecular formula is C14H17F3N2O2S. The molecule has 0 spiro atoms. The van der Waals surface area contributed by atoms with Gasteiger partial charge in [0.25, 0.3) is 5.91 Å².